The standard InChI is InChI=1S/C21H38N2O6/c1-2-3-4-5-10-19(25)22-13-16-23(17-18-24,14-8-6-11-20(26)27)15-9-7-12-21(28)29/h2-3,24H,4-18H2,1H3,(H2-,22,25,26,27,28,29)/b3-2+. The minimum atomic E-state index is -1.07. The summed E-state index contributed by atoms with van der Waals surface area (Å²) in [5.74, 6) is -1.90. The van der Waals surface area contributed by atoms with Crippen molar-refractivity contribution in [3.05, 3.63) is 12.2 Å². The summed E-state index contributed by atoms with van der Waals surface area (Å²) in [6.45, 7) is 4.89. The summed E-state index contributed by atoms with van der Waals surface area (Å²) in [6, 6.07) is 0. The first-order chi connectivity index (χ1) is 13.8. The van der Waals surface area contributed by atoms with Crippen LogP contribution in [0.25, 0.3) is 0 Å². The Balaban J connectivity index is 4.66. The monoisotopic (exact) mass is 414 g/mol. The lowest BCUT2D eigenvalue weighted by molar-refractivity contribution is -0.927. The number of rotatable bonds is 19. The van der Waals surface area contributed by atoms with Crippen molar-refractivity contribution in [2.24, 2.45) is 0 Å². The number of amides is 1. The SMILES string of the molecule is C/C=C/CCCC(=O)NCC[N+](CCO)(CCCCC(=O)[O-])CCCCC(=O)O. The summed E-state index contributed by atoms with van der Waals surface area (Å²) < 4.78 is 0.544. The average Bonchev–Trinajstić information content (AvgIpc) is 2.66. The number of aliphatic carboxylic acids is 2. The number of aliphatic hydroxyl groups excluding tert-OH is 1. The Hall–Kier alpha value is -1.93. The number of aliphatic hydroxyl groups is 1. The topological polar surface area (TPSA) is 127 Å². The van der Waals surface area contributed by atoms with Gasteiger partial charge >= 0.3 is 5.97 Å². The maximum absolute atomic E-state index is 12.0. The Morgan fingerprint density at radius 1 is 0.931 bits per heavy atom. The molecule has 1 atom stereocenters. The van der Waals surface area contributed by atoms with Crippen LogP contribution in [0.15, 0.2) is 12.2 Å². The molecule has 0 rings (SSSR count). The van der Waals surface area contributed by atoms with Crippen molar-refractivity contribution in [3.63, 3.8) is 0 Å². The Kier molecular flexibility index (Phi) is 15.8. The Morgan fingerprint density at radius 3 is 2.14 bits per heavy atom. The van der Waals surface area contributed by atoms with Gasteiger partial charge in [-0.1, -0.05) is 12.2 Å². The predicted octanol–water partition coefficient (Wildman–Crippen LogP) is 0.833. The van der Waals surface area contributed by atoms with E-state index in [1.807, 2.05) is 19.1 Å². The van der Waals surface area contributed by atoms with E-state index in [2.05, 4.69) is 5.32 Å². The normalized spacial score (nSPS) is 13.3. The van der Waals surface area contributed by atoms with Crippen molar-refractivity contribution in [2.45, 2.75) is 64.7 Å². The molecule has 0 aromatic rings. The lowest BCUT2D eigenvalue weighted by Crippen LogP contribution is -2.54. The zero-order valence-corrected chi connectivity index (χ0v) is 17.7. The van der Waals surface area contributed by atoms with E-state index in [1.165, 1.54) is 0 Å². The van der Waals surface area contributed by atoms with E-state index in [0.29, 0.717) is 69.3 Å². The van der Waals surface area contributed by atoms with Crippen molar-refractivity contribution in [3.8, 4) is 0 Å². The fourth-order valence-electron chi connectivity index (χ4n) is 3.39. The fourth-order valence-corrected chi connectivity index (χ4v) is 3.39. The van der Waals surface area contributed by atoms with Crippen LogP contribution in [0.5, 0.6) is 0 Å². The van der Waals surface area contributed by atoms with Gasteiger partial charge in [0.2, 0.25) is 5.91 Å². The quantitative estimate of drug-likeness (QED) is 0.163. The number of carboxylic acids is 2. The van der Waals surface area contributed by atoms with E-state index in [4.69, 9.17) is 5.11 Å². The van der Waals surface area contributed by atoms with E-state index in [9.17, 15) is 24.6 Å². The Labute approximate surface area is 174 Å². The summed E-state index contributed by atoms with van der Waals surface area (Å²) >= 11 is 0. The third-order valence-corrected chi connectivity index (χ3v) is 5.03. The molecular formula is C21H38N2O6. The summed E-state index contributed by atoms with van der Waals surface area (Å²) in [6.07, 6.45) is 8.65. The maximum atomic E-state index is 12.0. The van der Waals surface area contributed by atoms with Gasteiger partial charge in [-0.15, -0.1) is 0 Å². The van der Waals surface area contributed by atoms with Crippen molar-refractivity contribution in [2.75, 3.05) is 39.3 Å². The van der Waals surface area contributed by atoms with Crippen LogP contribution >= 0.6 is 0 Å². The molecule has 0 radical (unpaired) electrons. The van der Waals surface area contributed by atoms with E-state index in [1.54, 1.807) is 0 Å². The van der Waals surface area contributed by atoms with Gasteiger partial charge in [0.1, 0.15) is 6.54 Å². The van der Waals surface area contributed by atoms with Crippen LogP contribution in [0.4, 0.5) is 0 Å². The molecule has 0 spiro atoms. The second-order valence-electron chi connectivity index (χ2n) is 7.45. The summed E-state index contributed by atoms with van der Waals surface area (Å²) in [5.41, 5.74) is 0. The molecule has 1 unspecified atom stereocenters. The number of carbonyl (C=O) groups excluding carboxylic acids is 2. The molecule has 1 amide bonds. The zero-order chi connectivity index (χ0) is 22.0. The molecule has 0 aromatic carbocycles. The van der Waals surface area contributed by atoms with Gasteiger partial charge in [0.15, 0.2) is 0 Å². The lowest BCUT2D eigenvalue weighted by atomic mass is 10.1. The average molecular weight is 415 g/mol. The van der Waals surface area contributed by atoms with E-state index in [0.717, 1.165) is 12.8 Å². The molecule has 0 aliphatic heterocycles. The molecule has 8 nitrogen and oxygen atoms in total. The highest BCUT2D eigenvalue weighted by molar-refractivity contribution is 5.75. The molecule has 0 saturated carbocycles. The highest BCUT2D eigenvalue weighted by atomic mass is 16.4. The van der Waals surface area contributed by atoms with Gasteiger partial charge in [-0.05, 0) is 51.9 Å². The van der Waals surface area contributed by atoms with Gasteiger partial charge in [0.05, 0.1) is 32.8 Å². The van der Waals surface area contributed by atoms with Gasteiger partial charge in [-0.3, -0.25) is 9.59 Å². The number of nitrogens with zero attached hydrogens (tertiary/aromatic N) is 1. The number of hydrogen-bond acceptors (Lipinski definition) is 5. The van der Waals surface area contributed by atoms with E-state index >= 15 is 0 Å². The van der Waals surface area contributed by atoms with Crippen molar-refractivity contribution >= 4 is 17.8 Å². The molecule has 0 aliphatic carbocycles. The number of unbranched alkanes of at least 4 members (excludes halogenated alkanes) is 3. The lowest BCUT2D eigenvalue weighted by Gasteiger charge is -2.39. The van der Waals surface area contributed by atoms with Crippen LogP contribution in [-0.2, 0) is 14.4 Å². The van der Waals surface area contributed by atoms with Crippen LogP contribution in [0.3, 0.4) is 0 Å². The van der Waals surface area contributed by atoms with Crippen LogP contribution in [0.2, 0.25) is 0 Å². The zero-order valence-electron chi connectivity index (χ0n) is 17.7. The third kappa shape index (κ3) is 15.6. The number of hydrogen-bond donors (Lipinski definition) is 3. The smallest absolute Gasteiger partial charge is 0.303 e. The largest absolute Gasteiger partial charge is 0.550 e. The minimum absolute atomic E-state index is 0.000527. The molecule has 0 heterocycles. The molecule has 8 heteroatoms. The predicted molar refractivity (Wildman–Crippen MR) is 109 cm³/mol. The fraction of sp³-hybridized carbons (Fsp3) is 0.762. The van der Waals surface area contributed by atoms with Crippen molar-refractivity contribution in [1.29, 1.82) is 0 Å². The van der Waals surface area contributed by atoms with E-state index in [-0.39, 0.29) is 25.4 Å². The third-order valence-electron chi connectivity index (χ3n) is 5.03. The van der Waals surface area contributed by atoms with Crippen LogP contribution in [0.1, 0.15) is 64.7 Å². The molecular weight excluding hydrogens is 376 g/mol. The number of nitrogens with one attached hydrogen (secondary N) is 1. The number of carboxylic acid groups (broad SMARTS) is 2. The second kappa shape index (κ2) is 17.0. The first-order valence-electron chi connectivity index (χ1n) is 10.6. The molecule has 3 N–H and O–H groups in total. The molecule has 0 aliphatic rings. The number of allylic oxidation sites excluding steroid dienone is 2. The van der Waals surface area contributed by atoms with Gasteiger partial charge in [0.25, 0.3) is 0 Å². The highest BCUT2D eigenvalue weighted by Gasteiger charge is 2.26. The molecule has 168 valence electrons. The maximum Gasteiger partial charge on any atom is 0.303 e. The molecule has 0 aromatic heterocycles. The summed E-state index contributed by atoms with van der Waals surface area (Å²) in [7, 11) is 0. The van der Waals surface area contributed by atoms with Gasteiger partial charge < -0.3 is 29.9 Å². The molecule has 0 bridgehead atoms. The molecule has 29 heavy (non-hydrogen) atoms. The summed E-state index contributed by atoms with van der Waals surface area (Å²) in [4.78, 5) is 33.4. The second-order valence-corrected chi connectivity index (χ2v) is 7.45. The minimum Gasteiger partial charge on any atom is -0.550 e. The first kappa shape index (κ1) is 27.1. The van der Waals surface area contributed by atoms with Gasteiger partial charge in [-0.2, -0.15) is 0 Å². The van der Waals surface area contributed by atoms with Gasteiger partial charge in [0, 0.05) is 18.8 Å². The van der Waals surface area contributed by atoms with Gasteiger partial charge in [-0.25, -0.2) is 0 Å². The van der Waals surface area contributed by atoms with E-state index < -0.39 is 11.9 Å². The van der Waals surface area contributed by atoms with Crippen molar-refractivity contribution in [1.82, 2.24) is 5.32 Å². The molecule has 0 saturated heterocycles. The Morgan fingerprint density at radius 2 is 1.59 bits per heavy atom. The van der Waals surface area contributed by atoms with Crippen LogP contribution < -0.4 is 10.4 Å². The highest BCUT2D eigenvalue weighted by Crippen LogP contribution is 2.13. The summed E-state index contributed by atoms with van der Waals surface area (Å²) in [5, 5.41) is 31.9. The number of quaternary nitrogens is 1. The van der Waals surface area contributed by atoms with Crippen LogP contribution in [-0.4, -0.2) is 71.9 Å². The number of carbonyl (C=O) groups is 3. The van der Waals surface area contributed by atoms with Crippen molar-refractivity contribution < 1.29 is 34.2 Å². The Bertz CT molecular complexity index is 485. The van der Waals surface area contributed by atoms with Crippen LogP contribution in [0, 0.1) is 0 Å². The molecule has 0 fully saturated rings. The first-order valence-corrected chi connectivity index (χ1v) is 10.6.